The molecule has 0 spiro atoms. The molecule has 0 aliphatic rings. The van der Waals surface area contributed by atoms with Gasteiger partial charge >= 0.3 is 6.03 Å². The number of aliphatic hydroxyl groups excluding tert-OH is 6. The SMILES string of the molecule is CCCCO.CCO.CO.NC(N)=O.OCC(O)CO. The van der Waals surface area contributed by atoms with Crippen LogP contribution in [0.3, 0.4) is 0 Å². The van der Waals surface area contributed by atoms with Gasteiger partial charge in [-0.3, -0.25) is 0 Å². The highest BCUT2D eigenvalue weighted by atomic mass is 16.3. The van der Waals surface area contributed by atoms with Crippen molar-refractivity contribution in [1.82, 2.24) is 0 Å². The lowest BCUT2D eigenvalue weighted by molar-refractivity contribution is 0.0450. The van der Waals surface area contributed by atoms with Crippen molar-refractivity contribution in [3.63, 3.8) is 0 Å². The fourth-order valence-electron chi connectivity index (χ4n) is 0.216. The van der Waals surface area contributed by atoms with E-state index < -0.39 is 12.1 Å². The summed E-state index contributed by atoms with van der Waals surface area (Å²) in [6.07, 6.45) is 1.08. The number of primary amides is 2. The lowest BCUT2D eigenvalue weighted by atomic mass is 10.4. The third-order valence-electron chi connectivity index (χ3n) is 0.933. The summed E-state index contributed by atoms with van der Waals surface area (Å²) in [7, 11) is 1.00. The Morgan fingerprint density at radius 2 is 1.25 bits per heavy atom. The van der Waals surface area contributed by atoms with Crippen molar-refractivity contribution in [1.29, 1.82) is 0 Å². The van der Waals surface area contributed by atoms with Gasteiger partial charge in [-0.15, -0.1) is 0 Å². The average molecular weight is 304 g/mol. The van der Waals surface area contributed by atoms with E-state index in [0.29, 0.717) is 6.61 Å². The maximum atomic E-state index is 9.00. The molecule has 0 atom stereocenters. The summed E-state index contributed by atoms with van der Waals surface area (Å²) in [6.45, 7) is 3.60. The second kappa shape index (κ2) is 43.0. The van der Waals surface area contributed by atoms with Gasteiger partial charge in [0.25, 0.3) is 0 Å². The second-order valence-corrected chi connectivity index (χ2v) is 2.81. The maximum absolute atomic E-state index is 9.00. The fourth-order valence-corrected chi connectivity index (χ4v) is 0.216. The zero-order chi connectivity index (χ0) is 17.4. The molecule has 0 aliphatic carbocycles. The van der Waals surface area contributed by atoms with Crippen molar-refractivity contribution in [2.24, 2.45) is 11.5 Å². The Morgan fingerprint density at radius 1 is 1.00 bits per heavy atom. The molecule has 0 fully saturated rings. The van der Waals surface area contributed by atoms with Crippen LogP contribution in [-0.2, 0) is 0 Å². The molecule has 0 aromatic carbocycles. The first-order chi connectivity index (χ1) is 9.37. The summed E-state index contributed by atoms with van der Waals surface area (Å²) >= 11 is 0. The van der Waals surface area contributed by atoms with Crippen molar-refractivity contribution in [2.45, 2.75) is 32.8 Å². The summed E-state index contributed by atoms with van der Waals surface area (Å²) in [5, 5.41) is 46.7. The molecule has 2 amide bonds. The third-order valence-corrected chi connectivity index (χ3v) is 0.933. The molecule has 0 aliphatic heterocycles. The Bertz CT molecular complexity index is 130. The summed E-state index contributed by atoms with van der Waals surface area (Å²) in [5.41, 5.74) is 8.50. The van der Waals surface area contributed by atoms with Crippen LogP contribution >= 0.6 is 0 Å². The quantitative estimate of drug-likeness (QED) is 0.287. The molecule has 0 rings (SSSR count). The first kappa shape index (κ1) is 31.4. The van der Waals surface area contributed by atoms with E-state index in [9.17, 15) is 0 Å². The van der Waals surface area contributed by atoms with Gasteiger partial charge in [0.2, 0.25) is 0 Å². The average Bonchev–Trinajstić information content (AvgIpc) is 2.42. The van der Waals surface area contributed by atoms with Crippen LogP contribution in [0.5, 0.6) is 0 Å². The summed E-state index contributed by atoms with van der Waals surface area (Å²) < 4.78 is 0. The number of carbonyl (C=O) groups is 1. The van der Waals surface area contributed by atoms with Crippen molar-refractivity contribution >= 4 is 6.03 Å². The zero-order valence-corrected chi connectivity index (χ0v) is 12.6. The number of urea groups is 1. The smallest absolute Gasteiger partial charge is 0.309 e. The molecule has 128 valence electrons. The number of carbonyl (C=O) groups excluding carboxylic acids is 1. The zero-order valence-electron chi connectivity index (χ0n) is 12.6. The minimum absolute atomic E-state index is 0.250. The normalized spacial score (nSPS) is 7.50. The van der Waals surface area contributed by atoms with Gasteiger partial charge < -0.3 is 42.1 Å². The molecule has 9 nitrogen and oxygen atoms in total. The van der Waals surface area contributed by atoms with Crippen molar-refractivity contribution in [3.8, 4) is 0 Å². The number of nitrogens with two attached hydrogens (primary N) is 2. The Balaban J connectivity index is -0.0000000492. The van der Waals surface area contributed by atoms with Gasteiger partial charge in [-0.2, -0.15) is 0 Å². The Kier molecular flexibility index (Phi) is 67.5. The lowest BCUT2D eigenvalue weighted by Gasteiger charge is -1.96. The predicted octanol–water partition coefficient (Wildman–Crippen LogP) is -2.26. The largest absolute Gasteiger partial charge is 0.400 e. The molecule has 0 saturated heterocycles. The molecule has 10 N–H and O–H groups in total. The summed E-state index contributed by atoms with van der Waals surface area (Å²) in [4.78, 5) is 9.00. The number of amides is 2. The number of hydrogen-bond acceptors (Lipinski definition) is 7. The molecule has 0 saturated carbocycles. The summed E-state index contributed by atoms with van der Waals surface area (Å²) in [5.74, 6) is 0. The highest BCUT2D eigenvalue weighted by Crippen LogP contribution is 1.78. The molecule has 0 radical (unpaired) electrons. The van der Waals surface area contributed by atoms with Gasteiger partial charge in [-0.25, -0.2) is 4.79 Å². The summed E-state index contributed by atoms with van der Waals surface area (Å²) in [6, 6.07) is -0.833. The van der Waals surface area contributed by atoms with Crippen LogP contribution in [0.2, 0.25) is 0 Å². The Hall–Kier alpha value is -0.970. The van der Waals surface area contributed by atoms with Crippen LogP contribution in [0.4, 0.5) is 4.79 Å². The molecular weight excluding hydrogens is 272 g/mol. The first-order valence-electron chi connectivity index (χ1n) is 5.98. The van der Waals surface area contributed by atoms with E-state index >= 15 is 0 Å². The molecule has 0 aromatic heterocycles. The van der Waals surface area contributed by atoms with E-state index in [2.05, 4.69) is 18.4 Å². The van der Waals surface area contributed by atoms with E-state index in [4.69, 9.17) is 35.4 Å². The van der Waals surface area contributed by atoms with E-state index in [1.54, 1.807) is 6.92 Å². The lowest BCUT2D eigenvalue weighted by Crippen LogP contribution is -2.18. The van der Waals surface area contributed by atoms with Gasteiger partial charge in [0.15, 0.2) is 0 Å². The Morgan fingerprint density at radius 3 is 1.25 bits per heavy atom. The molecule has 0 unspecified atom stereocenters. The maximum Gasteiger partial charge on any atom is 0.309 e. The molecule has 9 heteroatoms. The van der Waals surface area contributed by atoms with Gasteiger partial charge in [0.1, 0.15) is 6.10 Å². The number of unbranched alkanes of at least 4 members (excludes halogenated alkanes) is 1. The minimum atomic E-state index is -0.954. The van der Waals surface area contributed by atoms with Crippen LogP contribution in [0, 0.1) is 0 Å². The fraction of sp³-hybridized carbons (Fsp3) is 0.909. The molecule has 0 aromatic rings. The van der Waals surface area contributed by atoms with Crippen LogP contribution in [0.25, 0.3) is 0 Å². The van der Waals surface area contributed by atoms with E-state index in [1.165, 1.54) is 0 Å². The highest BCUT2D eigenvalue weighted by Gasteiger charge is 1.93. The van der Waals surface area contributed by atoms with E-state index in [0.717, 1.165) is 20.0 Å². The van der Waals surface area contributed by atoms with Crippen LogP contribution < -0.4 is 11.5 Å². The van der Waals surface area contributed by atoms with E-state index in [-0.39, 0.29) is 19.8 Å². The van der Waals surface area contributed by atoms with Gasteiger partial charge in [0, 0.05) is 20.3 Å². The third kappa shape index (κ3) is 173. The van der Waals surface area contributed by atoms with Crippen molar-refractivity contribution < 1.29 is 35.4 Å². The standard InChI is InChI=1S/C4H10O.C3H8O3.C2H6O.CH4N2O.CH4O/c1-2-3-4-5;4-1-3(6)2-5;1-2-3;2-1(3)4;1-2/h5H,2-4H2,1H3;3-6H,1-2H2;3H,2H2,1H3;(H4,2,3,4);2H,1H3. The number of aliphatic hydroxyl groups is 6. The van der Waals surface area contributed by atoms with Gasteiger partial charge in [-0.05, 0) is 13.3 Å². The van der Waals surface area contributed by atoms with Gasteiger partial charge in [-0.1, -0.05) is 13.3 Å². The van der Waals surface area contributed by atoms with Gasteiger partial charge in [0.05, 0.1) is 13.2 Å². The molecule has 0 heterocycles. The molecular formula is C11H32N2O7. The minimum Gasteiger partial charge on any atom is -0.400 e. The van der Waals surface area contributed by atoms with Crippen molar-refractivity contribution in [3.05, 3.63) is 0 Å². The molecule has 0 bridgehead atoms. The van der Waals surface area contributed by atoms with Crippen LogP contribution in [0.15, 0.2) is 0 Å². The number of hydrogen-bond donors (Lipinski definition) is 8. The van der Waals surface area contributed by atoms with E-state index in [1.807, 2.05) is 0 Å². The second-order valence-electron chi connectivity index (χ2n) is 2.81. The first-order valence-corrected chi connectivity index (χ1v) is 5.98. The Labute approximate surface area is 120 Å². The highest BCUT2D eigenvalue weighted by molar-refractivity contribution is 5.69. The monoisotopic (exact) mass is 304 g/mol. The van der Waals surface area contributed by atoms with Crippen molar-refractivity contribution in [2.75, 3.05) is 33.5 Å². The predicted molar refractivity (Wildman–Crippen MR) is 76.8 cm³/mol. The van der Waals surface area contributed by atoms with Crippen LogP contribution in [-0.4, -0.2) is 76.3 Å². The number of rotatable bonds is 4. The topological polar surface area (TPSA) is 190 Å². The van der Waals surface area contributed by atoms with Crippen LogP contribution in [0.1, 0.15) is 26.7 Å². The molecule has 20 heavy (non-hydrogen) atoms.